The first-order chi connectivity index (χ1) is 14.5. The zero-order chi connectivity index (χ0) is 21.3. The van der Waals surface area contributed by atoms with Crippen LogP contribution < -0.4 is 10.6 Å². The van der Waals surface area contributed by atoms with E-state index in [2.05, 4.69) is 22.8 Å². The van der Waals surface area contributed by atoms with Gasteiger partial charge >= 0.3 is 0 Å². The summed E-state index contributed by atoms with van der Waals surface area (Å²) >= 11 is 11.9. The minimum absolute atomic E-state index is 0.0299. The number of rotatable bonds is 9. The summed E-state index contributed by atoms with van der Waals surface area (Å²) in [5, 5.41) is 7.51. The fraction of sp³-hybridized carbons (Fsp3) is 0.435. The highest BCUT2D eigenvalue weighted by atomic mass is 35.5. The second-order valence-corrected chi connectivity index (χ2v) is 8.34. The number of hydrogen-bond acceptors (Lipinski definition) is 4. The summed E-state index contributed by atoms with van der Waals surface area (Å²) in [4.78, 5) is 12.2. The Labute approximate surface area is 188 Å². The van der Waals surface area contributed by atoms with Gasteiger partial charge in [0.15, 0.2) is 6.29 Å². The molecular weight excluding hydrogens is 423 g/mol. The fourth-order valence-corrected chi connectivity index (χ4v) is 3.92. The van der Waals surface area contributed by atoms with Gasteiger partial charge in [0, 0.05) is 32.7 Å². The van der Waals surface area contributed by atoms with Crippen molar-refractivity contribution in [1.82, 2.24) is 10.6 Å². The molecule has 3 atom stereocenters. The number of methoxy groups -OCH3 is 1. The Kier molecular flexibility index (Phi) is 8.97. The average molecular weight is 451 g/mol. The van der Waals surface area contributed by atoms with Crippen molar-refractivity contribution in [3.8, 4) is 0 Å². The second-order valence-electron chi connectivity index (χ2n) is 7.52. The maximum absolute atomic E-state index is 12.2. The predicted octanol–water partition coefficient (Wildman–Crippen LogP) is 4.35. The molecule has 0 aromatic heterocycles. The number of amides is 1. The van der Waals surface area contributed by atoms with Gasteiger partial charge in [0.2, 0.25) is 5.91 Å². The molecule has 2 aromatic rings. The monoisotopic (exact) mass is 450 g/mol. The van der Waals surface area contributed by atoms with E-state index in [1.807, 2.05) is 24.3 Å². The summed E-state index contributed by atoms with van der Waals surface area (Å²) < 4.78 is 11.5. The smallest absolute Gasteiger partial charge is 0.224 e. The van der Waals surface area contributed by atoms with Gasteiger partial charge in [-0.15, -0.1) is 0 Å². The third-order valence-electron chi connectivity index (χ3n) is 5.21. The van der Waals surface area contributed by atoms with E-state index < -0.39 is 0 Å². The van der Waals surface area contributed by atoms with E-state index in [0.717, 1.165) is 31.4 Å². The topological polar surface area (TPSA) is 59.6 Å². The Hall–Kier alpha value is -1.63. The number of nitrogens with one attached hydrogen (secondary N) is 2. The number of ether oxygens (including phenoxy) is 2. The van der Waals surface area contributed by atoms with E-state index in [-0.39, 0.29) is 24.7 Å². The first-order valence-electron chi connectivity index (χ1n) is 10.2. The third kappa shape index (κ3) is 7.25. The molecule has 0 radical (unpaired) electrons. The van der Waals surface area contributed by atoms with Gasteiger partial charge in [0.1, 0.15) is 0 Å². The van der Waals surface area contributed by atoms with Gasteiger partial charge in [-0.05, 0) is 36.1 Å². The van der Waals surface area contributed by atoms with Crippen LogP contribution in [-0.4, -0.2) is 38.0 Å². The summed E-state index contributed by atoms with van der Waals surface area (Å²) in [5.41, 5.74) is 2.09. The minimum atomic E-state index is -0.232. The number of halogens is 2. The first kappa shape index (κ1) is 23.0. The predicted molar refractivity (Wildman–Crippen MR) is 120 cm³/mol. The maximum Gasteiger partial charge on any atom is 0.224 e. The standard InChI is InChI=1S/C23H28Cl2N2O3/c1-29-23-14-18(27-15-16-5-3-2-4-6-16)13-19(30-23)9-10-26-22(28)12-17-7-8-20(24)21(25)11-17/h2-8,11,18-19,23,27H,9-10,12-15H2,1H3,(H,26,28)/t18-,19-,23?/m1/s1. The lowest BCUT2D eigenvalue weighted by atomic mass is 9.99. The number of carbonyl (C=O) groups is 1. The molecule has 30 heavy (non-hydrogen) atoms. The number of benzene rings is 2. The van der Waals surface area contributed by atoms with E-state index in [9.17, 15) is 4.79 Å². The van der Waals surface area contributed by atoms with Crippen molar-refractivity contribution in [2.24, 2.45) is 0 Å². The Morgan fingerprint density at radius 3 is 2.63 bits per heavy atom. The van der Waals surface area contributed by atoms with Crippen LogP contribution in [0.4, 0.5) is 0 Å². The van der Waals surface area contributed by atoms with Crippen LogP contribution in [0.15, 0.2) is 48.5 Å². The zero-order valence-corrected chi connectivity index (χ0v) is 18.6. The lowest BCUT2D eigenvalue weighted by Crippen LogP contribution is -2.44. The third-order valence-corrected chi connectivity index (χ3v) is 5.95. The minimum Gasteiger partial charge on any atom is -0.356 e. The molecule has 2 aromatic carbocycles. The molecule has 0 bridgehead atoms. The molecule has 162 valence electrons. The van der Waals surface area contributed by atoms with Gasteiger partial charge < -0.3 is 20.1 Å². The lowest BCUT2D eigenvalue weighted by molar-refractivity contribution is -0.187. The zero-order valence-electron chi connectivity index (χ0n) is 17.1. The van der Waals surface area contributed by atoms with Crippen LogP contribution in [0.5, 0.6) is 0 Å². The summed E-state index contributed by atoms with van der Waals surface area (Å²) in [5.74, 6) is -0.0498. The van der Waals surface area contributed by atoms with Gasteiger partial charge in [0.05, 0.1) is 22.6 Å². The Balaban J connectivity index is 1.42. The van der Waals surface area contributed by atoms with Crippen molar-refractivity contribution in [2.75, 3.05) is 13.7 Å². The molecule has 7 heteroatoms. The molecule has 3 rings (SSSR count). The largest absolute Gasteiger partial charge is 0.356 e. The first-order valence-corrected chi connectivity index (χ1v) is 10.9. The Morgan fingerprint density at radius 1 is 1.10 bits per heavy atom. The maximum atomic E-state index is 12.2. The van der Waals surface area contributed by atoms with Crippen LogP contribution in [0.25, 0.3) is 0 Å². The number of carbonyl (C=O) groups excluding carboxylic acids is 1. The van der Waals surface area contributed by atoms with Crippen LogP contribution in [-0.2, 0) is 27.2 Å². The quantitative estimate of drug-likeness (QED) is 0.595. The van der Waals surface area contributed by atoms with Crippen molar-refractivity contribution in [3.63, 3.8) is 0 Å². The summed E-state index contributed by atoms with van der Waals surface area (Å²) in [6, 6.07) is 15.9. The van der Waals surface area contributed by atoms with Gasteiger partial charge in [0.25, 0.3) is 0 Å². The Bertz CT molecular complexity index is 819. The van der Waals surface area contributed by atoms with Crippen molar-refractivity contribution < 1.29 is 14.3 Å². The van der Waals surface area contributed by atoms with E-state index in [1.54, 1.807) is 19.2 Å². The van der Waals surface area contributed by atoms with E-state index >= 15 is 0 Å². The normalized spacial score (nSPS) is 21.4. The highest BCUT2D eigenvalue weighted by molar-refractivity contribution is 6.42. The highest BCUT2D eigenvalue weighted by Crippen LogP contribution is 2.24. The van der Waals surface area contributed by atoms with Crippen LogP contribution in [0.3, 0.4) is 0 Å². The average Bonchev–Trinajstić information content (AvgIpc) is 2.75. The van der Waals surface area contributed by atoms with Crippen molar-refractivity contribution in [3.05, 3.63) is 69.7 Å². The molecule has 1 fully saturated rings. The SMILES string of the molecule is COC1C[C@H](NCc2ccccc2)C[C@@H](CCNC(=O)Cc2ccc(Cl)c(Cl)c2)O1. The van der Waals surface area contributed by atoms with Crippen molar-refractivity contribution in [1.29, 1.82) is 0 Å². The fourth-order valence-electron chi connectivity index (χ4n) is 3.60. The molecule has 1 saturated heterocycles. The molecule has 1 aliphatic heterocycles. The van der Waals surface area contributed by atoms with E-state index in [0.29, 0.717) is 22.6 Å². The summed E-state index contributed by atoms with van der Waals surface area (Å²) in [7, 11) is 1.67. The van der Waals surface area contributed by atoms with Crippen LogP contribution >= 0.6 is 23.2 Å². The highest BCUT2D eigenvalue weighted by Gasteiger charge is 2.29. The molecular formula is C23H28Cl2N2O3. The van der Waals surface area contributed by atoms with Crippen molar-refractivity contribution in [2.45, 2.75) is 50.7 Å². The van der Waals surface area contributed by atoms with Crippen LogP contribution in [0.2, 0.25) is 10.0 Å². The lowest BCUT2D eigenvalue weighted by Gasteiger charge is -2.35. The molecule has 1 unspecified atom stereocenters. The molecule has 5 nitrogen and oxygen atoms in total. The van der Waals surface area contributed by atoms with E-state index in [4.69, 9.17) is 32.7 Å². The van der Waals surface area contributed by atoms with Gasteiger partial charge in [-0.3, -0.25) is 4.79 Å². The summed E-state index contributed by atoms with van der Waals surface area (Å²) in [6.45, 7) is 1.36. The summed E-state index contributed by atoms with van der Waals surface area (Å²) in [6.07, 6.45) is 2.49. The second kappa shape index (κ2) is 11.7. The van der Waals surface area contributed by atoms with Gasteiger partial charge in [-0.2, -0.15) is 0 Å². The van der Waals surface area contributed by atoms with E-state index in [1.165, 1.54) is 5.56 Å². The van der Waals surface area contributed by atoms with Gasteiger partial charge in [-0.25, -0.2) is 0 Å². The number of hydrogen-bond donors (Lipinski definition) is 2. The molecule has 0 aliphatic carbocycles. The molecule has 0 saturated carbocycles. The van der Waals surface area contributed by atoms with Crippen molar-refractivity contribution >= 4 is 29.1 Å². The molecule has 1 heterocycles. The molecule has 2 N–H and O–H groups in total. The molecule has 0 spiro atoms. The van der Waals surface area contributed by atoms with Gasteiger partial charge in [-0.1, -0.05) is 59.6 Å². The van der Waals surface area contributed by atoms with Crippen LogP contribution in [0.1, 0.15) is 30.4 Å². The molecule has 1 aliphatic rings. The Morgan fingerprint density at radius 2 is 1.90 bits per heavy atom. The van der Waals surface area contributed by atoms with Crippen LogP contribution in [0, 0.1) is 0 Å². The molecule has 1 amide bonds.